The molecule has 0 saturated carbocycles. The van der Waals surface area contributed by atoms with Crippen molar-refractivity contribution in [1.29, 1.82) is 0 Å². The lowest BCUT2D eigenvalue weighted by molar-refractivity contribution is 0.0768. The van der Waals surface area contributed by atoms with Crippen molar-refractivity contribution in [1.82, 2.24) is 19.4 Å². The van der Waals surface area contributed by atoms with Crippen LogP contribution in [0.2, 0.25) is 0 Å². The number of carbonyl (C=O) groups excluding carboxylic acids is 1. The van der Waals surface area contributed by atoms with Crippen LogP contribution in [0.15, 0.2) is 18.6 Å². The predicted molar refractivity (Wildman–Crippen MR) is 82.5 cm³/mol. The van der Waals surface area contributed by atoms with E-state index in [9.17, 15) is 4.79 Å². The van der Waals surface area contributed by atoms with Crippen LogP contribution in [0.4, 0.5) is 0 Å². The molecule has 6 heteroatoms. The highest BCUT2D eigenvalue weighted by molar-refractivity contribution is 7.13. The summed E-state index contributed by atoms with van der Waals surface area (Å²) in [6.07, 6.45) is 8.53. The lowest BCUT2D eigenvalue weighted by Gasteiger charge is -2.27. The van der Waals surface area contributed by atoms with Crippen LogP contribution >= 0.6 is 11.3 Å². The maximum absolute atomic E-state index is 12.4. The summed E-state index contributed by atoms with van der Waals surface area (Å²) in [5, 5.41) is 1.02. The Morgan fingerprint density at radius 1 is 1.52 bits per heavy atom. The van der Waals surface area contributed by atoms with E-state index in [0.717, 1.165) is 48.1 Å². The number of rotatable bonds is 4. The molecule has 0 saturated heterocycles. The number of aryl methyl sites for hydroxylation is 2. The van der Waals surface area contributed by atoms with Crippen LogP contribution in [-0.4, -0.2) is 38.9 Å². The summed E-state index contributed by atoms with van der Waals surface area (Å²) in [5.74, 6) is 1.71. The van der Waals surface area contributed by atoms with Gasteiger partial charge in [-0.2, -0.15) is 0 Å². The molecule has 1 unspecified atom stereocenters. The Kier molecular flexibility index (Phi) is 4.05. The standard InChI is InChI=1S/C15H20N4OS/c1-3-14-17-9-12(21-14)15(20)18(2)10-11-4-6-19-7-5-16-13(19)8-11/h5,7,9,11H,3-4,6,8,10H2,1-2H3. The molecule has 2 aromatic rings. The van der Waals surface area contributed by atoms with Crippen LogP contribution in [0.1, 0.15) is 33.8 Å². The molecule has 0 N–H and O–H groups in total. The molecule has 0 fully saturated rings. The molecule has 0 aromatic carbocycles. The van der Waals surface area contributed by atoms with Gasteiger partial charge in [0, 0.05) is 39.0 Å². The second kappa shape index (κ2) is 5.97. The summed E-state index contributed by atoms with van der Waals surface area (Å²) in [6, 6.07) is 0. The highest BCUT2D eigenvalue weighted by atomic mass is 32.1. The molecule has 0 spiro atoms. The molecule has 1 atom stereocenters. The van der Waals surface area contributed by atoms with Gasteiger partial charge in [-0.15, -0.1) is 11.3 Å². The molecule has 21 heavy (non-hydrogen) atoms. The molecular weight excluding hydrogens is 284 g/mol. The number of amides is 1. The molecule has 0 bridgehead atoms. The summed E-state index contributed by atoms with van der Waals surface area (Å²) in [6.45, 7) is 3.84. The molecule has 1 aliphatic heterocycles. The van der Waals surface area contributed by atoms with Crippen LogP contribution in [0.25, 0.3) is 0 Å². The monoisotopic (exact) mass is 304 g/mol. The number of hydrogen-bond acceptors (Lipinski definition) is 4. The van der Waals surface area contributed by atoms with Gasteiger partial charge in [-0.1, -0.05) is 6.92 Å². The van der Waals surface area contributed by atoms with Crippen molar-refractivity contribution in [3.8, 4) is 0 Å². The molecular formula is C15H20N4OS. The highest BCUT2D eigenvalue weighted by Gasteiger charge is 2.23. The summed E-state index contributed by atoms with van der Waals surface area (Å²) in [5.41, 5.74) is 0. The predicted octanol–water partition coefficient (Wildman–Crippen LogP) is 2.24. The van der Waals surface area contributed by atoms with Gasteiger partial charge in [0.25, 0.3) is 5.91 Å². The first kappa shape index (κ1) is 14.3. The smallest absolute Gasteiger partial charge is 0.265 e. The molecule has 3 heterocycles. The largest absolute Gasteiger partial charge is 0.341 e. The third-order valence-corrected chi connectivity index (χ3v) is 5.13. The van der Waals surface area contributed by atoms with Gasteiger partial charge in [0.05, 0.1) is 11.2 Å². The Morgan fingerprint density at radius 2 is 2.38 bits per heavy atom. The minimum absolute atomic E-state index is 0.0844. The number of nitrogens with zero attached hydrogens (tertiary/aromatic N) is 4. The van der Waals surface area contributed by atoms with Crippen LogP contribution in [0.3, 0.4) is 0 Å². The molecule has 1 amide bonds. The van der Waals surface area contributed by atoms with E-state index in [1.807, 2.05) is 24.3 Å². The number of aromatic nitrogens is 3. The van der Waals surface area contributed by atoms with Crippen molar-refractivity contribution < 1.29 is 4.79 Å². The molecule has 2 aromatic heterocycles. The lowest BCUT2D eigenvalue weighted by atomic mass is 9.97. The van der Waals surface area contributed by atoms with E-state index in [2.05, 4.69) is 21.5 Å². The Labute approximate surface area is 128 Å². The van der Waals surface area contributed by atoms with E-state index in [0.29, 0.717) is 5.92 Å². The van der Waals surface area contributed by atoms with Crippen LogP contribution in [0.5, 0.6) is 0 Å². The van der Waals surface area contributed by atoms with Crippen LogP contribution in [0, 0.1) is 5.92 Å². The van der Waals surface area contributed by atoms with Crippen molar-refractivity contribution >= 4 is 17.2 Å². The van der Waals surface area contributed by atoms with Gasteiger partial charge < -0.3 is 9.47 Å². The molecule has 0 aliphatic carbocycles. The molecule has 112 valence electrons. The second-order valence-corrected chi connectivity index (χ2v) is 6.67. The Morgan fingerprint density at radius 3 is 3.14 bits per heavy atom. The fraction of sp³-hybridized carbons (Fsp3) is 0.533. The van der Waals surface area contributed by atoms with E-state index >= 15 is 0 Å². The highest BCUT2D eigenvalue weighted by Crippen LogP contribution is 2.21. The number of thiazole rings is 1. The molecule has 1 aliphatic rings. The number of hydrogen-bond donors (Lipinski definition) is 0. The Balaban J connectivity index is 1.61. The van der Waals surface area contributed by atoms with Crippen molar-refractivity contribution in [2.24, 2.45) is 5.92 Å². The van der Waals surface area contributed by atoms with E-state index in [4.69, 9.17) is 0 Å². The van der Waals surface area contributed by atoms with Crippen LogP contribution in [-0.2, 0) is 19.4 Å². The second-order valence-electron chi connectivity index (χ2n) is 5.55. The summed E-state index contributed by atoms with van der Waals surface area (Å²) >= 11 is 1.50. The minimum Gasteiger partial charge on any atom is -0.341 e. The normalized spacial score (nSPS) is 17.5. The Bertz CT molecular complexity index is 633. The molecule has 3 rings (SSSR count). The van der Waals surface area contributed by atoms with Crippen molar-refractivity contribution in [3.05, 3.63) is 34.3 Å². The maximum atomic E-state index is 12.4. The molecule has 0 radical (unpaired) electrons. The summed E-state index contributed by atoms with van der Waals surface area (Å²) in [4.78, 5) is 23.6. The first-order valence-corrected chi connectivity index (χ1v) is 8.19. The van der Waals surface area contributed by atoms with Gasteiger partial charge in [0.2, 0.25) is 0 Å². The van der Waals surface area contributed by atoms with Crippen molar-refractivity contribution in [3.63, 3.8) is 0 Å². The zero-order chi connectivity index (χ0) is 14.8. The minimum atomic E-state index is 0.0844. The number of carbonyl (C=O) groups is 1. The SMILES string of the molecule is CCc1ncc(C(=O)N(C)CC2CCn3ccnc3C2)s1. The Hall–Kier alpha value is -1.69. The van der Waals surface area contributed by atoms with E-state index < -0.39 is 0 Å². The van der Waals surface area contributed by atoms with Gasteiger partial charge >= 0.3 is 0 Å². The van der Waals surface area contributed by atoms with Gasteiger partial charge in [-0.3, -0.25) is 4.79 Å². The molecule has 5 nitrogen and oxygen atoms in total. The topological polar surface area (TPSA) is 51.0 Å². The number of imidazole rings is 1. The fourth-order valence-corrected chi connectivity index (χ4v) is 3.65. The average Bonchev–Trinajstić information content (AvgIpc) is 3.14. The first-order valence-electron chi connectivity index (χ1n) is 7.37. The van der Waals surface area contributed by atoms with Crippen LogP contribution < -0.4 is 0 Å². The maximum Gasteiger partial charge on any atom is 0.265 e. The van der Waals surface area contributed by atoms with E-state index in [1.54, 1.807) is 6.20 Å². The van der Waals surface area contributed by atoms with Gasteiger partial charge in [-0.05, 0) is 18.8 Å². The van der Waals surface area contributed by atoms with E-state index in [1.165, 1.54) is 11.3 Å². The van der Waals surface area contributed by atoms with E-state index in [-0.39, 0.29) is 5.91 Å². The zero-order valence-electron chi connectivity index (χ0n) is 12.5. The summed E-state index contributed by atoms with van der Waals surface area (Å²) in [7, 11) is 1.88. The van der Waals surface area contributed by atoms with Gasteiger partial charge in [-0.25, -0.2) is 9.97 Å². The number of fused-ring (bicyclic) bond motifs is 1. The van der Waals surface area contributed by atoms with Gasteiger partial charge in [0.15, 0.2) is 0 Å². The zero-order valence-corrected chi connectivity index (χ0v) is 13.3. The summed E-state index contributed by atoms with van der Waals surface area (Å²) < 4.78 is 2.20. The quantitative estimate of drug-likeness (QED) is 0.870. The van der Waals surface area contributed by atoms with Crippen molar-refractivity contribution in [2.75, 3.05) is 13.6 Å². The third kappa shape index (κ3) is 3.00. The van der Waals surface area contributed by atoms with Gasteiger partial charge in [0.1, 0.15) is 10.7 Å². The average molecular weight is 304 g/mol. The van der Waals surface area contributed by atoms with Crippen molar-refractivity contribution in [2.45, 2.75) is 32.7 Å². The first-order chi connectivity index (χ1) is 10.2. The fourth-order valence-electron chi connectivity index (χ4n) is 2.80. The lowest BCUT2D eigenvalue weighted by Crippen LogP contribution is -2.34. The third-order valence-electron chi connectivity index (χ3n) is 4.00.